The van der Waals surface area contributed by atoms with E-state index >= 15 is 0 Å². The maximum atomic E-state index is 12.0. The molecule has 1 fully saturated rings. The fourth-order valence-electron chi connectivity index (χ4n) is 2.22. The van der Waals surface area contributed by atoms with Crippen molar-refractivity contribution in [3.8, 4) is 0 Å². The standard InChI is InChI=1S/C14H26N2O4/c1-14(2,6-9-20-3)10-15-13(19)16-7-4-11(5-8-16)12(17)18/h11H,4-10H2,1-3H3,(H,15,19)(H,17,18). The van der Waals surface area contributed by atoms with Crippen LogP contribution in [-0.4, -0.2) is 55.4 Å². The average Bonchev–Trinajstić information content (AvgIpc) is 2.43. The highest BCUT2D eigenvalue weighted by molar-refractivity contribution is 5.75. The molecule has 0 bridgehead atoms. The van der Waals surface area contributed by atoms with Crippen LogP contribution in [0.2, 0.25) is 0 Å². The number of carboxylic acid groups (broad SMARTS) is 1. The Labute approximate surface area is 120 Å². The van der Waals surface area contributed by atoms with Crippen LogP contribution in [0, 0.1) is 11.3 Å². The molecule has 2 N–H and O–H groups in total. The van der Waals surface area contributed by atoms with Gasteiger partial charge in [-0.3, -0.25) is 4.79 Å². The van der Waals surface area contributed by atoms with Gasteiger partial charge >= 0.3 is 12.0 Å². The fourth-order valence-corrected chi connectivity index (χ4v) is 2.22. The van der Waals surface area contributed by atoms with Crippen molar-refractivity contribution in [2.75, 3.05) is 33.4 Å². The summed E-state index contributed by atoms with van der Waals surface area (Å²) in [4.78, 5) is 24.6. The first-order valence-corrected chi connectivity index (χ1v) is 7.10. The first kappa shape index (κ1) is 16.8. The number of likely N-dealkylation sites (tertiary alicyclic amines) is 1. The van der Waals surface area contributed by atoms with E-state index in [2.05, 4.69) is 19.2 Å². The Balaban J connectivity index is 2.32. The van der Waals surface area contributed by atoms with Gasteiger partial charge < -0.3 is 20.1 Å². The minimum atomic E-state index is -0.759. The lowest BCUT2D eigenvalue weighted by atomic mass is 9.90. The molecule has 0 spiro atoms. The van der Waals surface area contributed by atoms with E-state index in [4.69, 9.17) is 9.84 Å². The van der Waals surface area contributed by atoms with E-state index < -0.39 is 5.97 Å². The van der Waals surface area contributed by atoms with Crippen LogP contribution >= 0.6 is 0 Å². The summed E-state index contributed by atoms with van der Waals surface area (Å²) in [6.45, 7) is 6.47. The fraction of sp³-hybridized carbons (Fsp3) is 0.857. The number of carboxylic acids is 1. The third-order valence-corrected chi connectivity index (χ3v) is 3.83. The summed E-state index contributed by atoms with van der Waals surface area (Å²) in [6.07, 6.45) is 1.95. The number of urea groups is 1. The first-order valence-electron chi connectivity index (χ1n) is 7.10. The van der Waals surface area contributed by atoms with E-state index in [-0.39, 0.29) is 17.4 Å². The van der Waals surface area contributed by atoms with Gasteiger partial charge in [-0.2, -0.15) is 0 Å². The van der Waals surface area contributed by atoms with Gasteiger partial charge in [0.05, 0.1) is 5.92 Å². The van der Waals surface area contributed by atoms with Crippen LogP contribution in [0.3, 0.4) is 0 Å². The lowest BCUT2D eigenvalue weighted by Crippen LogP contribution is -2.47. The van der Waals surface area contributed by atoms with Gasteiger partial charge in [0.2, 0.25) is 0 Å². The molecule has 116 valence electrons. The summed E-state index contributed by atoms with van der Waals surface area (Å²) in [5, 5.41) is 11.9. The lowest BCUT2D eigenvalue weighted by molar-refractivity contribution is -0.143. The summed E-state index contributed by atoms with van der Waals surface area (Å²) < 4.78 is 5.06. The minimum absolute atomic E-state index is 0.00887. The average molecular weight is 286 g/mol. The summed E-state index contributed by atoms with van der Waals surface area (Å²) in [5.41, 5.74) is -0.00887. The number of carbonyl (C=O) groups excluding carboxylic acids is 1. The molecule has 0 aliphatic carbocycles. The van der Waals surface area contributed by atoms with Gasteiger partial charge in [0, 0.05) is 33.4 Å². The molecule has 1 saturated heterocycles. The summed E-state index contributed by atoms with van der Waals surface area (Å²) in [5.74, 6) is -1.07. The third-order valence-electron chi connectivity index (χ3n) is 3.83. The summed E-state index contributed by atoms with van der Waals surface area (Å²) in [6, 6.07) is -0.0978. The summed E-state index contributed by atoms with van der Waals surface area (Å²) >= 11 is 0. The maximum Gasteiger partial charge on any atom is 0.317 e. The van der Waals surface area contributed by atoms with Crippen molar-refractivity contribution in [1.29, 1.82) is 0 Å². The normalized spacial score (nSPS) is 17.1. The molecule has 6 nitrogen and oxygen atoms in total. The van der Waals surface area contributed by atoms with Gasteiger partial charge in [-0.05, 0) is 24.7 Å². The van der Waals surface area contributed by atoms with Crippen LogP contribution in [0.4, 0.5) is 4.79 Å². The summed E-state index contributed by atoms with van der Waals surface area (Å²) in [7, 11) is 1.67. The highest BCUT2D eigenvalue weighted by Gasteiger charge is 2.27. The molecular formula is C14H26N2O4. The van der Waals surface area contributed by atoms with Crippen molar-refractivity contribution in [3.63, 3.8) is 0 Å². The van der Waals surface area contributed by atoms with Crippen LogP contribution in [0.25, 0.3) is 0 Å². The molecule has 1 rings (SSSR count). The molecule has 1 aliphatic rings. The van der Waals surface area contributed by atoms with Crippen molar-refractivity contribution in [3.05, 3.63) is 0 Å². The molecule has 0 aromatic heterocycles. The first-order chi connectivity index (χ1) is 9.35. The molecule has 2 amide bonds. The van der Waals surface area contributed by atoms with Crippen LogP contribution in [0.15, 0.2) is 0 Å². The SMILES string of the molecule is COCCC(C)(C)CNC(=O)N1CCC(C(=O)O)CC1. The van der Waals surface area contributed by atoms with Gasteiger partial charge in [0.15, 0.2) is 0 Å². The van der Waals surface area contributed by atoms with Gasteiger partial charge in [0.1, 0.15) is 0 Å². The zero-order chi connectivity index (χ0) is 15.2. The molecule has 1 aliphatic heterocycles. The second-order valence-electron chi connectivity index (χ2n) is 6.17. The highest BCUT2D eigenvalue weighted by atomic mass is 16.5. The van der Waals surface area contributed by atoms with Crippen LogP contribution in [0.1, 0.15) is 33.1 Å². The van der Waals surface area contributed by atoms with Crippen molar-refractivity contribution < 1.29 is 19.4 Å². The number of amides is 2. The van der Waals surface area contributed by atoms with Crippen molar-refractivity contribution in [2.24, 2.45) is 11.3 Å². The van der Waals surface area contributed by atoms with E-state index in [1.165, 1.54) is 0 Å². The minimum Gasteiger partial charge on any atom is -0.481 e. The number of ether oxygens (including phenoxy) is 1. The Morgan fingerprint density at radius 1 is 1.35 bits per heavy atom. The van der Waals surface area contributed by atoms with Crippen LogP contribution in [0.5, 0.6) is 0 Å². The van der Waals surface area contributed by atoms with E-state index in [9.17, 15) is 9.59 Å². The number of hydrogen-bond donors (Lipinski definition) is 2. The molecule has 0 aromatic rings. The Hall–Kier alpha value is -1.30. The largest absolute Gasteiger partial charge is 0.481 e. The molecule has 20 heavy (non-hydrogen) atoms. The van der Waals surface area contributed by atoms with Gasteiger partial charge in [-0.25, -0.2) is 4.79 Å². The second-order valence-corrected chi connectivity index (χ2v) is 6.17. The molecular weight excluding hydrogens is 260 g/mol. The lowest BCUT2D eigenvalue weighted by Gasteiger charge is -2.32. The monoisotopic (exact) mass is 286 g/mol. The van der Waals surface area contributed by atoms with Crippen molar-refractivity contribution >= 4 is 12.0 Å². The Morgan fingerprint density at radius 3 is 2.45 bits per heavy atom. The molecule has 0 atom stereocenters. The van der Waals surface area contributed by atoms with Crippen molar-refractivity contribution in [1.82, 2.24) is 10.2 Å². The quantitative estimate of drug-likeness (QED) is 0.776. The number of carbonyl (C=O) groups is 2. The number of nitrogens with one attached hydrogen (secondary N) is 1. The Morgan fingerprint density at radius 2 is 1.95 bits per heavy atom. The highest BCUT2D eigenvalue weighted by Crippen LogP contribution is 2.20. The van der Waals surface area contributed by atoms with Crippen LogP contribution in [-0.2, 0) is 9.53 Å². The molecule has 0 aromatic carbocycles. The van der Waals surface area contributed by atoms with E-state index in [1.807, 2.05) is 0 Å². The predicted molar refractivity (Wildman–Crippen MR) is 75.6 cm³/mol. The number of piperidine rings is 1. The van der Waals surface area contributed by atoms with E-state index in [1.54, 1.807) is 12.0 Å². The second kappa shape index (κ2) is 7.47. The molecule has 0 unspecified atom stereocenters. The number of methoxy groups -OCH3 is 1. The number of rotatable bonds is 6. The van der Waals surface area contributed by atoms with Gasteiger partial charge in [-0.15, -0.1) is 0 Å². The zero-order valence-corrected chi connectivity index (χ0v) is 12.6. The number of nitrogens with zero attached hydrogens (tertiary/aromatic N) is 1. The molecule has 1 heterocycles. The Kier molecular flexibility index (Phi) is 6.26. The Bertz CT molecular complexity index is 336. The van der Waals surface area contributed by atoms with Crippen molar-refractivity contribution in [2.45, 2.75) is 33.1 Å². The smallest absolute Gasteiger partial charge is 0.317 e. The number of aliphatic carboxylic acids is 1. The maximum absolute atomic E-state index is 12.0. The molecule has 0 radical (unpaired) electrons. The predicted octanol–water partition coefficient (Wildman–Crippen LogP) is 1.56. The van der Waals surface area contributed by atoms with E-state index in [0.29, 0.717) is 39.1 Å². The van der Waals surface area contributed by atoms with E-state index in [0.717, 1.165) is 6.42 Å². The van der Waals surface area contributed by atoms with Gasteiger partial charge in [-0.1, -0.05) is 13.8 Å². The number of hydrogen-bond acceptors (Lipinski definition) is 3. The molecule has 0 saturated carbocycles. The van der Waals surface area contributed by atoms with Crippen LogP contribution < -0.4 is 5.32 Å². The molecule has 6 heteroatoms. The topological polar surface area (TPSA) is 78.9 Å². The zero-order valence-electron chi connectivity index (χ0n) is 12.6. The third kappa shape index (κ3) is 5.36. The van der Waals surface area contributed by atoms with Gasteiger partial charge in [0.25, 0.3) is 0 Å².